The topological polar surface area (TPSA) is 148 Å². The van der Waals surface area contributed by atoms with Crippen molar-refractivity contribution in [2.24, 2.45) is 5.92 Å². The van der Waals surface area contributed by atoms with Crippen LogP contribution >= 0.6 is 23.1 Å². The van der Waals surface area contributed by atoms with E-state index in [0.717, 1.165) is 119 Å². The van der Waals surface area contributed by atoms with Crippen molar-refractivity contribution >= 4 is 85.6 Å². The van der Waals surface area contributed by atoms with Crippen molar-refractivity contribution in [3.63, 3.8) is 0 Å². The molecule has 4 fully saturated rings. The van der Waals surface area contributed by atoms with Crippen LogP contribution in [-0.2, 0) is 20.6 Å². The van der Waals surface area contributed by atoms with E-state index in [1.54, 1.807) is 32.8 Å². The van der Waals surface area contributed by atoms with Crippen molar-refractivity contribution < 1.29 is 27.7 Å². The Morgan fingerprint density at radius 3 is 2.28 bits per heavy atom. The third kappa shape index (κ3) is 10.9. The molecule has 1 unspecified atom stereocenters. The van der Waals surface area contributed by atoms with Gasteiger partial charge in [-0.15, -0.1) is 0 Å². The van der Waals surface area contributed by atoms with Gasteiger partial charge in [-0.1, -0.05) is 13.0 Å². The summed E-state index contributed by atoms with van der Waals surface area (Å²) in [4.78, 5) is 47.6. The number of aryl methyl sites for hydroxylation is 1. The van der Waals surface area contributed by atoms with E-state index in [0.29, 0.717) is 45.3 Å². The number of imide groups is 1. The van der Waals surface area contributed by atoms with Gasteiger partial charge in [-0.05, 0) is 129 Å². The molecule has 9 rings (SSSR count). The Balaban J connectivity index is 0.750. The van der Waals surface area contributed by atoms with E-state index in [2.05, 4.69) is 75.6 Å². The molecule has 1 atom stereocenters. The number of carbonyl (C=O) groups excluding carboxylic acids is 2. The van der Waals surface area contributed by atoms with E-state index in [-0.39, 0.29) is 18.4 Å². The van der Waals surface area contributed by atoms with Crippen LogP contribution in [0.5, 0.6) is 5.75 Å². The van der Waals surface area contributed by atoms with Crippen LogP contribution in [0.3, 0.4) is 0 Å². The Morgan fingerprint density at radius 1 is 0.870 bits per heavy atom. The highest BCUT2D eigenvalue weighted by Gasteiger charge is 2.34. The fourth-order valence-corrected chi connectivity index (χ4v) is 12.5. The van der Waals surface area contributed by atoms with Crippen molar-refractivity contribution in [3.8, 4) is 5.75 Å². The lowest BCUT2D eigenvalue weighted by Crippen LogP contribution is -2.53. The third-order valence-electron chi connectivity index (χ3n) is 14.5. The second-order valence-electron chi connectivity index (χ2n) is 19.2. The van der Waals surface area contributed by atoms with Crippen LogP contribution in [0.25, 0.3) is 10.9 Å². The Hall–Kier alpha value is -5.22. The van der Waals surface area contributed by atoms with Crippen molar-refractivity contribution in [2.45, 2.75) is 70.3 Å². The molecule has 2 aromatic heterocycles. The smallest absolute Gasteiger partial charge is 0.234 e. The first-order chi connectivity index (χ1) is 33.3. The Bertz CT molecular complexity index is 2730. The molecule has 5 aromatic rings. The highest BCUT2D eigenvalue weighted by Crippen LogP contribution is 2.43. The van der Waals surface area contributed by atoms with E-state index >= 15 is 8.78 Å². The summed E-state index contributed by atoms with van der Waals surface area (Å²) in [5, 5.41) is 10.6. The molecular weight excluding hydrogens is 966 g/mol. The van der Waals surface area contributed by atoms with Gasteiger partial charge in [0.1, 0.15) is 30.3 Å². The minimum atomic E-state index is -2.72. The predicted molar refractivity (Wildman–Crippen MR) is 274 cm³/mol. The van der Waals surface area contributed by atoms with Gasteiger partial charge in [0.25, 0.3) is 0 Å². The first-order valence-electron chi connectivity index (χ1n) is 24.3. The molecule has 0 aliphatic carbocycles. The number of nitrogens with zero attached hydrogens (tertiary/aromatic N) is 7. The monoisotopic (exact) mass is 1030 g/mol. The minimum Gasteiger partial charge on any atom is -0.494 e. The van der Waals surface area contributed by atoms with Gasteiger partial charge in [-0.3, -0.25) is 24.8 Å². The number of aromatic nitrogens is 3. The van der Waals surface area contributed by atoms with Crippen molar-refractivity contribution in [2.75, 3.05) is 99.8 Å². The lowest BCUT2D eigenvalue weighted by atomic mass is 9.89. The number of pyridine rings is 1. The zero-order valence-corrected chi connectivity index (χ0v) is 42.4. The van der Waals surface area contributed by atoms with Crippen LogP contribution in [0.15, 0.2) is 65.4 Å². The van der Waals surface area contributed by atoms with E-state index in [9.17, 15) is 14.2 Å². The lowest BCUT2D eigenvalue weighted by Gasteiger charge is -2.44. The number of rotatable bonds is 14. The zero-order valence-electron chi connectivity index (χ0n) is 39.9. The normalized spacial score (nSPS) is 19.3. The fraction of sp³-hybridized carbons (Fsp3) is 0.471. The molecule has 3 N–H and O–H groups in total. The van der Waals surface area contributed by atoms with Gasteiger partial charge in [-0.2, -0.15) is 4.98 Å². The SMILES string of the molecule is CCc1cc(Nc2ncc(Br)c(Nc3ccc4ncccc4c3P(C)(C)=O)n2)c(OC)cc1N1CCC(N2CCN(CCC3CCN(c4cc(F)c(C5CCC(=O)NC5=O)c(F)c4)CC3)CC2)CC1. The summed E-state index contributed by atoms with van der Waals surface area (Å²) >= 11 is 3.62. The minimum absolute atomic E-state index is 0.0711. The lowest BCUT2D eigenvalue weighted by molar-refractivity contribution is -0.134. The molecule has 2 amide bonds. The molecule has 4 aliphatic rings. The number of fused-ring (bicyclic) bond motifs is 1. The van der Waals surface area contributed by atoms with Crippen molar-refractivity contribution in [3.05, 3.63) is 88.2 Å². The Kier molecular flexibility index (Phi) is 14.9. The standard InChI is InChI=1S/C51H62BrF2N10O4P/c1-5-33-27-43(58-51-56-31-38(52)49(60-51)57-42-10-9-41-36(7-6-17-55-41)48(42)69(3,4)67)45(68-2)30-44(33)64-21-15-34(16-22-64)63-25-23-61(24-26-63)18-12-32-13-19-62(20-14-32)35-28-39(53)47(40(54)29-35)37-8-11-46(65)59-50(37)66/h6-7,9-10,17,27-32,34,37H,5,8,11-16,18-26H2,1-4H3,(H,59,65,66)(H2,56,57,58,60). The maximum atomic E-state index is 15.2. The molecule has 0 spiro atoms. The number of nitrogens with one attached hydrogen (secondary N) is 3. The highest BCUT2D eigenvalue weighted by atomic mass is 79.9. The van der Waals surface area contributed by atoms with Gasteiger partial charge in [-0.25, -0.2) is 13.8 Å². The molecular formula is C51H62BrF2N10O4P. The fourth-order valence-electron chi connectivity index (χ4n) is 10.8. The van der Waals surface area contributed by atoms with Crippen LogP contribution in [0.1, 0.15) is 68.9 Å². The van der Waals surface area contributed by atoms with Gasteiger partial charge in [0.05, 0.1) is 34.4 Å². The van der Waals surface area contributed by atoms with Gasteiger partial charge < -0.3 is 34.6 Å². The number of amides is 2. The molecule has 14 nitrogen and oxygen atoms in total. The number of methoxy groups -OCH3 is 1. The van der Waals surface area contributed by atoms with Crippen LogP contribution in [0.4, 0.5) is 43.3 Å². The number of benzene rings is 3. The number of anilines is 6. The molecule has 6 heterocycles. The Morgan fingerprint density at radius 2 is 1.59 bits per heavy atom. The van der Waals surface area contributed by atoms with Crippen LogP contribution in [0.2, 0.25) is 0 Å². The summed E-state index contributed by atoms with van der Waals surface area (Å²) in [5.41, 5.74) is 4.93. The van der Waals surface area contributed by atoms with Crippen LogP contribution in [0, 0.1) is 17.6 Å². The van der Waals surface area contributed by atoms with E-state index in [4.69, 9.17) is 9.72 Å². The van der Waals surface area contributed by atoms with Crippen molar-refractivity contribution in [1.82, 2.24) is 30.1 Å². The molecule has 18 heteroatoms. The average molecular weight is 1030 g/mol. The van der Waals surface area contributed by atoms with Crippen LogP contribution in [-0.4, -0.2) is 122 Å². The second-order valence-corrected chi connectivity index (χ2v) is 23.2. The van der Waals surface area contributed by atoms with Gasteiger partial charge in [0.15, 0.2) is 0 Å². The van der Waals surface area contributed by atoms with Crippen molar-refractivity contribution in [1.29, 1.82) is 0 Å². The first kappa shape index (κ1) is 48.8. The number of halogens is 3. The summed E-state index contributed by atoms with van der Waals surface area (Å²) in [5.74, 6) is -1.30. The maximum absolute atomic E-state index is 15.2. The van der Waals surface area contributed by atoms with Gasteiger partial charge in [0, 0.05) is 111 Å². The van der Waals surface area contributed by atoms with E-state index in [1.165, 1.54) is 23.4 Å². The molecule has 366 valence electrons. The van der Waals surface area contributed by atoms with Crippen LogP contribution < -0.4 is 35.8 Å². The third-order valence-corrected chi connectivity index (χ3v) is 16.7. The van der Waals surface area contributed by atoms with Gasteiger partial charge in [0.2, 0.25) is 17.8 Å². The van der Waals surface area contributed by atoms with Gasteiger partial charge >= 0.3 is 0 Å². The largest absolute Gasteiger partial charge is 0.494 e. The molecule has 0 saturated carbocycles. The van der Waals surface area contributed by atoms with E-state index < -0.39 is 36.5 Å². The quantitative estimate of drug-likeness (QED) is 0.0720. The molecule has 0 radical (unpaired) electrons. The summed E-state index contributed by atoms with van der Waals surface area (Å²) < 4.78 is 50.7. The number of carbonyl (C=O) groups is 2. The Labute approximate surface area is 411 Å². The highest BCUT2D eigenvalue weighted by molar-refractivity contribution is 9.10. The molecule has 0 bridgehead atoms. The number of piperidine rings is 3. The summed E-state index contributed by atoms with van der Waals surface area (Å²) in [6.07, 6.45) is 9.71. The molecule has 3 aromatic carbocycles. The summed E-state index contributed by atoms with van der Waals surface area (Å²) in [6, 6.07) is 15.2. The number of hydrogen-bond acceptors (Lipinski definition) is 13. The second kappa shape index (κ2) is 21.0. The first-order valence-corrected chi connectivity index (χ1v) is 27.6. The molecule has 4 aliphatic heterocycles. The maximum Gasteiger partial charge on any atom is 0.234 e. The molecule has 69 heavy (non-hydrogen) atoms. The predicted octanol–water partition coefficient (Wildman–Crippen LogP) is 8.79. The number of piperazine rings is 1. The number of ether oxygens (including phenoxy) is 1. The summed E-state index contributed by atoms with van der Waals surface area (Å²) in [6.45, 7) is 14.4. The molecule has 4 saturated heterocycles. The zero-order chi connectivity index (χ0) is 48.4. The average Bonchev–Trinajstić information content (AvgIpc) is 3.34. The summed E-state index contributed by atoms with van der Waals surface area (Å²) in [7, 11) is -1.03. The van der Waals surface area contributed by atoms with E-state index in [1.807, 2.05) is 29.2 Å². The number of hydrogen-bond donors (Lipinski definition) is 3.